The minimum atomic E-state index is 0.0618. The summed E-state index contributed by atoms with van der Waals surface area (Å²) in [6.07, 6.45) is 0.0618. The van der Waals surface area contributed by atoms with Gasteiger partial charge in [0.05, 0.1) is 25.4 Å². The maximum absolute atomic E-state index is 5.89. The lowest BCUT2D eigenvalue weighted by Gasteiger charge is -2.41. The van der Waals surface area contributed by atoms with Gasteiger partial charge in [-0.25, -0.2) is 0 Å². The van der Waals surface area contributed by atoms with Gasteiger partial charge in [0.25, 0.3) is 0 Å². The molecule has 2 N–H and O–H groups in total. The van der Waals surface area contributed by atoms with E-state index in [4.69, 9.17) is 15.2 Å². The monoisotopic (exact) mass is 264 g/mol. The van der Waals surface area contributed by atoms with Crippen molar-refractivity contribution in [3.05, 3.63) is 35.4 Å². The van der Waals surface area contributed by atoms with E-state index in [9.17, 15) is 0 Å². The molecular weight excluding hydrogens is 240 g/mol. The second kappa shape index (κ2) is 7.01. The van der Waals surface area contributed by atoms with Gasteiger partial charge >= 0.3 is 0 Å². The lowest BCUT2D eigenvalue weighted by Crippen LogP contribution is -2.48. The summed E-state index contributed by atoms with van der Waals surface area (Å²) in [7, 11) is 1.73. The third-order valence-electron chi connectivity index (χ3n) is 3.77. The molecule has 1 fully saturated rings. The molecule has 1 heterocycles. The van der Waals surface area contributed by atoms with Gasteiger partial charge in [-0.15, -0.1) is 0 Å². The molecule has 1 aliphatic rings. The maximum atomic E-state index is 5.89. The number of hydrogen-bond donors (Lipinski definition) is 1. The first kappa shape index (κ1) is 14.5. The van der Waals surface area contributed by atoms with Crippen molar-refractivity contribution in [2.45, 2.75) is 25.7 Å². The molecule has 0 saturated carbocycles. The Bertz CT molecular complexity index is 385. The molecule has 0 bridgehead atoms. The Balaban J connectivity index is 2.34. The Morgan fingerprint density at radius 1 is 1.42 bits per heavy atom. The number of nitrogens with two attached hydrogens (primary N) is 1. The van der Waals surface area contributed by atoms with Crippen LogP contribution in [0.2, 0.25) is 0 Å². The van der Waals surface area contributed by atoms with Gasteiger partial charge in [0.1, 0.15) is 0 Å². The molecule has 106 valence electrons. The van der Waals surface area contributed by atoms with Gasteiger partial charge in [-0.2, -0.15) is 0 Å². The fourth-order valence-corrected chi connectivity index (χ4v) is 2.85. The minimum absolute atomic E-state index is 0.0618. The van der Waals surface area contributed by atoms with Crippen LogP contribution in [0.15, 0.2) is 24.3 Å². The molecule has 1 saturated heterocycles. The number of nitrogens with zero attached hydrogens (tertiary/aromatic N) is 1. The van der Waals surface area contributed by atoms with E-state index < -0.39 is 0 Å². The Hall–Kier alpha value is -0.940. The summed E-state index contributed by atoms with van der Waals surface area (Å²) in [6, 6.07) is 8.64. The number of ether oxygens (including phenoxy) is 2. The van der Waals surface area contributed by atoms with Crippen molar-refractivity contribution in [3.63, 3.8) is 0 Å². The topological polar surface area (TPSA) is 47.7 Å². The lowest BCUT2D eigenvalue weighted by molar-refractivity contribution is -0.0663. The average Bonchev–Trinajstić information content (AvgIpc) is 2.47. The smallest absolute Gasteiger partial charge is 0.0894 e. The number of likely N-dealkylation sites (N-methyl/N-ethyl adjacent to an activating group) is 1. The van der Waals surface area contributed by atoms with Crippen LogP contribution in [0.25, 0.3) is 0 Å². The molecule has 2 rings (SSSR count). The lowest BCUT2D eigenvalue weighted by atomic mass is 9.93. The van der Waals surface area contributed by atoms with Crippen LogP contribution >= 0.6 is 0 Å². The van der Waals surface area contributed by atoms with Gasteiger partial charge in [-0.1, -0.05) is 31.2 Å². The summed E-state index contributed by atoms with van der Waals surface area (Å²) in [5.41, 5.74) is 8.39. The maximum Gasteiger partial charge on any atom is 0.0894 e. The molecule has 1 aliphatic heterocycles. The summed E-state index contributed by atoms with van der Waals surface area (Å²) in [5, 5.41) is 0. The van der Waals surface area contributed by atoms with Crippen LogP contribution in [0, 0.1) is 0 Å². The first-order valence-electron chi connectivity index (χ1n) is 6.94. The van der Waals surface area contributed by atoms with E-state index >= 15 is 0 Å². The van der Waals surface area contributed by atoms with Crippen molar-refractivity contribution < 1.29 is 9.47 Å². The van der Waals surface area contributed by atoms with E-state index in [1.54, 1.807) is 7.11 Å². The van der Waals surface area contributed by atoms with E-state index in [2.05, 4.69) is 36.1 Å². The van der Waals surface area contributed by atoms with Gasteiger partial charge in [0.15, 0.2) is 0 Å². The van der Waals surface area contributed by atoms with Crippen LogP contribution in [0.5, 0.6) is 0 Å². The summed E-state index contributed by atoms with van der Waals surface area (Å²) in [5.74, 6) is 0. The first-order chi connectivity index (χ1) is 9.31. The Labute approximate surface area is 115 Å². The van der Waals surface area contributed by atoms with E-state index in [0.717, 1.165) is 19.7 Å². The second-order valence-electron chi connectivity index (χ2n) is 4.85. The number of rotatable bonds is 5. The SMILES string of the molecule is CCN1CCOC(CN)C1c1ccccc1COC. The molecule has 4 heteroatoms. The van der Waals surface area contributed by atoms with Crippen molar-refractivity contribution in [1.82, 2.24) is 4.90 Å². The van der Waals surface area contributed by atoms with Gasteiger partial charge in [0.2, 0.25) is 0 Å². The highest BCUT2D eigenvalue weighted by atomic mass is 16.5. The van der Waals surface area contributed by atoms with Crippen molar-refractivity contribution in [2.24, 2.45) is 5.73 Å². The number of morpholine rings is 1. The first-order valence-corrected chi connectivity index (χ1v) is 6.94. The van der Waals surface area contributed by atoms with Gasteiger partial charge in [-0.05, 0) is 17.7 Å². The second-order valence-corrected chi connectivity index (χ2v) is 4.85. The highest BCUT2D eigenvalue weighted by Gasteiger charge is 2.32. The molecule has 4 nitrogen and oxygen atoms in total. The quantitative estimate of drug-likeness (QED) is 0.876. The average molecular weight is 264 g/mol. The third kappa shape index (κ3) is 3.15. The third-order valence-corrected chi connectivity index (χ3v) is 3.77. The molecule has 1 aromatic carbocycles. The fraction of sp³-hybridized carbons (Fsp3) is 0.600. The van der Waals surface area contributed by atoms with Crippen LogP contribution < -0.4 is 5.73 Å². The number of benzene rings is 1. The zero-order chi connectivity index (χ0) is 13.7. The van der Waals surface area contributed by atoms with Crippen LogP contribution in [-0.4, -0.2) is 44.4 Å². The Morgan fingerprint density at radius 2 is 2.21 bits per heavy atom. The van der Waals surface area contributed by atoms with Crippen LogP contribution in [0.1, 0.15) is 24.1 Å². The fourth-order valence-electron chi connectivity index (χ4n) is 2.85. The summed E-state index contributed by atoms with van der Waals surface area (Å²) in [4.78, 5) is 2.44. The van der Waals surface area contributed by atoms with Gasteiger partial charge in [-0.3, -0.25) is 4.90 Å². The highest BCUT2D eigenvalue weighted by Crippen LogP contribution is 2.31. The predicted octanol–water partition coefficient (Wildman–Crippen LogP) is 1.55. The molecule has 0 amide bonds. The molecule has 2 unspecified atom stereocenters. The van der Waals surface area contributed by atoms with Gasteiger partial charge < -0.3 is 15.2 Å². The molecular formula is C15H24N2O2. The van der Waals surface area contributed by atoms with E-state index in [-0.39, 0.29) is 12.1 Å². The summed E-state index contributed by atoms with van der Waals surface area (Å²) < 4.78 is 11.2. The van der Waals surface area contributed by atoms with Crippen molar-refractivity contribution in [2.75, 3.05) is 33.4 Å². The molecule has 1 aromatic rings. The van der Waals surface area contributed by atoms with E-state index in [1.807, 2.05) is 0 Å². The largest absolute Gasteiger partial charge is 0.380 e. The number of methoxy groups -OCH3 is 1. The zero-order valence-electron chi connectivity index (χ0n) is 11.8. The van der Waals surface area contributed by atoms with Crippen molar-refractivity contribution in [3.8, 4) is 0 Å². The van der Waals surface area contributed by atoms with Crippen LogP contribution in [0.3, 0.4) is 0 Å². The zero-order valence-corrected chi connectivity index (χ0v) is 11.8. The molecule has 0 aliphatic carbocycles. The molecule has 2 atom stereocenters. The van der Waals surface area contributed by atoms with Crippen LogP contribution in [0.4, 0.5) is 0 Å². The summed E-state index contributed by atoms with van der Waals surface area (Å²) in [6.45, 7) is 6.08. The minimum Gasteiger partial charge on any atom is -0.380 e. The highest BCUT2D eigenvalue weighted by molar-refractivity contribution is 5.31. The molecule has 0 aromatic heterocycles. The van der Waals surface area contributed by atoms with Crippen LogP contribution in [-0.2, 0) is 16.1 Å². The van der Waals surface area contributed by atoms with Crippen molar-refractivity contribution in [1.29, 1.82) is 0 Å². The number of hydrogen-bond acceptors (Lipinski definition) is 4. The predicted molar refractivity (Wildman–Crippen MR) is 75.9 cm³/mol. The Morgan fingerprint density at radius 3 is 2.89 bits per heavy atom. The Kier molecular flexibility index (Phi) is 5.34. The van der Waals surface area contributed by atoms with Gasteiger partial charge in [0, 0.05) is 20.2 Å². The van der Waals surface area contributed by atoms with E-state index in [0.29, 0.717) is 13.2 Å². The van der Waals surface area contributed by atoms with Crippen molar-refractivity contribution >= 4 is 0 Å². The summed E-state index contributed by atoms with van der Waals surface area (Å²) >= 11 is 0. The molecule has 19 heavy (non-hydrogen) atoms. The molecule has 0 radical (unpaired) electrons. The normalized spacial score (nSPS) is 24.6. The molecule has 0 spiro atoms. The van der Waals surface area contributed by atoms with E-state index in [1.165, 1.54) is 11.1 Å². The standard InChI is InChI=1S/C15H24N2O2/c1-3-17-8-9-19-14(10-16)15(17)13-7-5-4-6-12(13)11-18-2/h4-7,14-15H,3,8-11,16H2,1-2H3.